The Morgan fingerprint density at radius 2 is 1.87 bits per heavy atom. The number of halogens is 4. The fraction of sp³-hybridized carbons (Fsp3) is 0.455. The van der Waals surface area contributed by atoms with Gasteiger partial charge >= 0.3 is 6.18 Å². The minimum Gasteiger partial charge on any atom is -0.383 e. The van der Waals surface area contributed by atoms with Gasteiger partial charge in [-0.3, -0.25) is 9.78 Å². The Kier molecular flexibility index (Phi) is 6.91. The van der Waals surface area contributed by atoms with Crippen LogP contribution in [-0.4, -0.2) is 23.5 Å². The summed E-state index contributed by atoms with van der Waals surface area (Å²) in [7, 11) is 0. The average Bonchev–Trinajstić information content (AvgIpc) is 2.68. The molecule has 1 aliphatic carbocycles. The number of nitrogens with zero attached hydrogens (tertiary/aromatic N) is 1. The number of pyridine rings is 1. The molecule has 1 aliphatic rings. The van der Waals surface area contributed by atoms with Gasteiger partial charge in [-0.1, -0.05) is 11.6 Å². The lowest BCUT2D eigenvalue weighted by atomic mass is 9.85. The lowest BCUT2D eigenvalue weighted by Crippen LogP contribution is -2.38. The van der Waals surface area contributed by atoms with Crippen LogP contribution >= 0.6 is 11.6 Å². The Labute approximate surface area is 179 Å². The van der Waals surface area contributed by atoms with E-state index in [1.807, 2.05) is 19.9 Å². The minimum atomic E-state index is -4.52. The largest absolute Gasteiger partial charge is 0.416 e. The second-order valence-corrected chi connectivity index (χ2v) is 8.26. The highest BCUT2D eigenvalue weighted by Gasteiger charge is 2.32. The van der Waals surface area contributed by atoms with E-state index in [4.69, 9.17) is 11.6 Å². The first-order valence-electron chi connectivity index (χ1n) is 9.99. The Balaban J connectivity index is 1.53. The molecule has 3 rings (SSSR count). The number of carbonyl (C=O) groups is 1. The molecule has 1 saturated carbocycles. The Morgan fingerprint density at radius 3 is 2.50 bits per heavy atom. The van der Waals surface area contributed by atoms with Gasteiger partial charge in [-0.15, -0.1) is 0 Å². The fourth-order valence-corrected chi connectivity index (χ4v) is 4.06. The van der Waals surface area contributed by atoms with E-state index in [-0.39, 0.29) is 16.6 Å². The predicted octanol–water partition coefficient (Wildman–Crippen LogP) is 5.77. The summed E-state index contributed by atoms with van der Waals surface area (Å²) in [5.74, 6) is -0.0939. The lowest BCUT2D eigenvalue weighted by Gasteiger charge is -2.30. The predicted molar refractivity (Wildman–Crippen MR) is 112 cm³/mol. The zero-order chi connectivity index (χ0) is 21.9. The maximum atomic E-state index is 12.9. The van der Waals surface area contributed by atoms with E-state index < -0.39 is 17.6 Å². The standard InChI is InChI=1S/C22H25ClF3N3O/c1-13-9-10-27-14(2)20(13)28-12-15-3-6-17(7-4-15)29-21(30)18-11-16(22(24,25)26)5-8-19(18)23/h5,8-11,15,17,28H,3-4,6-7,12H2,1-2H3,(H,29,30)/t15-,17-. The van der Waals surface area contributed by atoms with Crippen LogP contribution in [0.5, 0.6) is 0 Å². The van der Waals surface area contributed by atoms with Gasteiger partial charge in [-0.05, 0) is 75.3 Å². The molecule has 1 amide bonds. The van der Waals surface area contributed by atoms with Gasteiger partial charge in [0.2, 0.25) is 0 Å². The molecule has 0 saturated heterocycles. The second kappa shape index (κ2) is 9.25. The summed E-state index contributed by atoms with van der Waals surface area (Å²) in [5.41, 5.74) is 2.16. The monoisotopic (exact) mass is 439 g/mol. The van der Waals surface area contributed by atoms with Crippen molar-refractivity contribution in [2.24, 2.45) is 5.92 Å². The van der Waals surface area contributed by atoms with E-state index in [1.54, 1.807) is 6.20 Å². The van der Waals surface area contributed by atoms with E-state index in [0.717, 1.165) is 67.4 Å². The fourth-order valence-electron chi connectivity index (χ4n) is 3.86. The molecule has 1 heterocycles. The third-order valence-corrected chi connectivity index (χ3v) is 5.97. The minimum absolute atomic E-state index is 0.0144. The van der Waals surface area contributed by atoms with Gasteiger partial charge < -0.3 is 10.6 Å². The Hall–Kier alpha value is -2.28. The number of hydrogen-bond donors (Lipinski definition) is 2. The zero-order valence-electron chi connectivity index (χ0n) is 16.9. The number of alkyl halides is 3. The van der Waals surface area contributed by atoms with Crippen molar-refractivity contribution < 1.29 is 18.0 Å². The molecular formula is C22H25ClF3N3O. The summed E-state index contributed by atoms with van der Waals surface area (Å²) in [4.78, 5) is 16.8. The number of carbonyl (C=O) groups excluding carboxylic acids is 1. The van der Waals surface area contributed by atoms with E-state index in [0.29, 0.717) is 5.92 Å². The summed E-state index contributed by atoms with van der Waals surface area (Å²) in [5, 5.41) is 6.35. The van der Waals surface area contributed by atoms with Gasteiger partial charge in [-0.25, -0.2) is 0 Å². The molecule has 1 fully saturated rings. The third-order valence-electron chi connectivity index (χ3n) is 5.64. The maximum Gasteiger partial charge on any atom is 0.416 e. The van der Waals surface area contributed by atoms with Crippen molar-refractivity contribution in [3.63, 3.8) is 0 Å². The highest BCUT2D eigenvalue weighted by molar-refractivity contribution is 6.33. The first kappa shape index (κ1) is 22.4. The van der Waals surface area contributed by atoms with E-state index >= 15 is 0 Å². The smallest absolute Gasteiger partial charge is 0.383 e. The van der Waals surface area contributed by atoms with Gasteiger partial charge in [0, 0.05) is 18.8 Å². The molecule has 0 atom stereocenters. The van der Waals surface area contributed by atoms with Gasteiger partial charge in [0.1, 0.15) is 0 Å². The van der Waals surface area contributed by atoms with Crippen LogP contribution in [0.1, 0.15) is 52.9 Å². The van der Waals surface area contributed by atoms with Crippen LogP contribution in [0.15, 0.2) is 30.5 Å². The van der Waals surface area contributed by atoms with Crippen LogP contribution in [0, 0.1) is 19.8 Å². The second-order valence-electron chi connectivity index (χ2n) is 7.85. The highest BCUT2D eigenvalue weighted by atomic mass is 35.5. The first-order valence-corrected chi connectivity index (χ1v) is 10.4. The van der Waals surface area contributed by atoms with Gasteiger partial charge in [0.25, 0.3) is 5.91 Å². The van der Waals surface area contributed by atoms with Crippen LogP contribution in [0.25, 0.3) is 0 Å². The van der Waals surface area contributed by atoms with Crippen molar-refractivity contribution in [3.8, 4) is 0 Å². The number of rotatable bonds is 5. The highest BCUT2D eigenvalue weighted by Crippen LogP contribution is 2.32. The number of amides is 1. The van der Waals surface area contributed by atoms with Crippen LogP contribution < -0.4 is 10.6 Å². The quantitative estimate of drug-likeness (QED) is 0.621. The van der Waals surface area contributed by atoms with Crippen molar-refractivity contribution in [1.82, 2.24) is 10.3 Å². The van der Waals surface area contributed by atoms with Crippen molar-refractivity contribution in [2.75, 3.05) is 11.9 Å². The molecule has 30 heavy (non-hydrogen) atoms. The molecule has 162 valence electrons. The molecule has 2 N–H and O–H groups in total. The molecule has 0 bridgehead atoms. The van der Waals surface area contributed by atoms with E-state index in [2.05, 4.69) is 15.6 Å². The molecule has 2 aromatic rings. The summed E-state index contributed by atoms with van der Waals surface area (Å²) >= 11 is 5.97. The number of aryl methyl sites for hydroxylation is 2. The SMILES string of the molecule is Cc1ccnc(C)c1NC[C@H]1CC[C@H](NC(=O)c2cc(C(F)(F)F)ccc2Cl)CC1. The zero-order valence-corrected chi connectivity index (χ0v) is 17.7. The number of anilines is 1. The van der Waals surface area contributed by atoms with E-state index in [1.165, 1.54) is 0 Å². The van der Waals surface area contributed by atoms with Crippen molar-refractivity contribution in [3.05, 3.63) is 57.9 Å². The molecule has 0 unspecified atom stereocenters. The molecule has 0 radical (unpaired) electrons. The van der Waals surface area contributed by atoms with Crippen molar-refractivity contribution in [1.29, 1.82) is 0 Å². The van der Waals surface area contributed by atoms with Crippen LogP contribution in [-0.2, 0) is 6.18 Å². The summed E-state index contributed by atoms with van der Waals surface area (Å²) in [6.45, 7) is 4.84. The van der Waals surface area contributed by atoms with Crippen LogP contribution in [0.3, 0.4) is 0 Å². The molecule has 8 heteroatoms. The summed E-state index contributed by atoms with van der Waals surface area (Å²) in [6, 6.07) is 4.71. The third kappa shape index (κ3) is 5.45. The topological polar surface area (TPSA) is 54.0 Å². The maximum absolute atomic E-state index is 12.9. The van der Waals surface area contributed by atoms with Gasteiger partial charge in [-0.2, -0.15) is 13.2 Å². The number of benzene rings is 1. The number of nitrogens with one attached hydrogen (secondary N) is 2. The van der Waals surface area contributed by atoms with E-state index in [9.17, 15) is 18.0 Å². The van der Waals surface area contributed by atoms with Crippen molar-refractivity contribution in [2.45, 2.75) is 51.7 Å². The van der Waals surface area contributed by atoms with Crippen LogP contribution in [0.2, 0.25) is 5.02 Å². The number of hydrogen-bond acceptors (Lipinski definition) is 3. The van der Waals surface area contributed by atoms with Crippen LogP contribution in [0.4, 0.5) is 18.9 Å². The molecule has 1 aromatic carbocycles. The summed E-state index contributed by atoms with van der Waals surface area (Å²) in [6.07, 6.45) is 0.675. The molecule has 0 aliphatic heterocycles. The first-order chi connectivity index (χ1) is 14.1. The average molecular weight is 440 g/mol. The molecule has 4 nitrogen and oxygen atoms in total. The normalized spacial score (nSPS) is 19.4. The number of aromatic nitrogens is 1. The summed E-state index contributed by atoms with van der Waals surface area (Å²) < 4.78 is 38.8. The lowest BCUT2D eigenvalue weighted by molar-refractivity contribution is -0.137. The Morgan fingerprint density at radius 1 is 1.17 bits per heavy atom. The van der Waals surface area contributed by atoms with Gasteiger partial charge in [0.05, 0.1) is 27.5 Å². The Bertz CT molecular complexity index is 889. The van der Waals surface area contributed by atoms with Crippen molar-refractivity contribution >= 4 is 23.2 Å². The molecular weight excluding hydrogens is 415 g/mol. The van der Waals surface area contributed by atoms with Gasteiger partial charge in [0.15, 0.2) is 0 Å². The molecule has 0 spiro atoms. The molecule has 1 aromatic heterocycles.